The smallest absolute Gasteiger partial charge is 0.273 e. The molecule has 0 aliphatic carbocycles. The van der Waals surface area contributed by atoms with Crippen molar-refractivity contribution in [1.82, 2.24) is 25.3 Å². The molecule has 0 saturated heterocycles. The van der Waals surface area contributed by atoms with Crippen molar-refractivity contribution in [2.24, 2.45) is 0 Å². The number of nitrogens with two attached hydrogens (primary N) is 1. The van der Waals surface area contributed by atoms with Gasteiger partial charge in [0.25, 0.3) is 5.91 Å². The van der Waals surface area contributed by atoms with Gasteiger partial charge in [-0.3, -0.25) is 9.78 Å². The number of rotatable bonds is 4. The average Bonchev–Trinajstić information content (AvgIpc) is 3.22. The molecule has 3 N–H and O–H groups in total. The van der Waals surface area contributed by atoms with E-state index in [0.29, 0.717) is 23.8 Å². The molecule has 0 fully saturated rings. The highest BCUT2D eigenvalue weighted by Gasteiger charge is 2.18. The second-order valence-corrected chi connectivity index (χ2v) is 5.90. The molecule has 0 aliphatic rings. The fourth-order valence-electron chi connectivity index (χ4n) is 2.81. The largest absolute Gasteiger partial charge is 0.443 e. The fourth-order valence-corrected chi connectivity index (χ4v) is 2.81. The van der Waals surface area contributed by atoms with Crippen molar-refractivity contribution in [1.29, 1.82) is 0 Å². The molecule has 3 heterocycles. The Morgan fingerprint density at radius 2 is 2.00 bits per heavy atom. The molecule has 0 spiro atoms. The Balaban J connectivity index is 1.57. The van der Waals surface area contributed by atoms with Gasteiger partial charge in [0.1, 0.15) is 12.0 Å². The SMILES string of the molecule is Cc1nc(C(=O)NCc2cccc3cccnc23)c(N)nc1-c1ncco1. The molecule has 134 valence electrons. The summed E-state index contributed by atoms with van der Waals surface area (Å²) in [6, 6.07) is 9.67. The predicted octanol–water partition coefficient (Wildman–Crippen LogP) is 2.50. The number of benzene rings is 1. The summed E-state index contributed by atoms with van der Waals surface area (Å²) < 4.78 is 5.23. The van der Waals surface area contributed by atoms with Crippen LogP contribution >= 0.6 is 0 Å². The lowest BCUT2D eigenvalue weighted by Crippen LogP contribution is -2.26. The highest BCUT2D eigenvalue weighted by atomic mass is 16.3. The van der Waals surface area contributed by atoms with Gasteiger partial charge in [-0.25, -0.2) is 15.0 Å². The molecule has 0 atom stereocenters. The average molecular weight is 360 g/mol. The van der Waals surface area contributed by atoms with Gasteiger partial charge in [0, 0.05) is 18.1 Å². The monoisotopic (exact) mass is 360 g/mol. The number of oxazole rings is 1. The summed E-state index contributed by atoms with van der Waals surface area (Å²) in [6.07, 6.45) is 4.67. The molecule has 0 radical (unpaired) electrons. The second-order valence-electron chi connectivity index (χ2n) is 5.90. The van der Waals surface area contributed by atoms with E-state index in [2.05, 4.69) is 25.3 Å². The number of nitrogens with one attached hydrogen (secondary N) is 1. The summed E-state index contributed by atoms with van der Waals surface area (Å²) >= 11 is 0. The Kier molecular flexibility index (Phi) is 4.21. The number of nitrogen functional groups attached to an aromatic ring is 1. The Morgan fingerprint density at radius 1 is 1.15 bits per heavy atom. The van der Waals surface area contributed by atoms with Gasteiger partial charge in [-0.2, -0.15) is 0 Å². The van der Waals surface area contributed by atoms with Gasteiger partial charge in [0.15, 0.2) is 11.5 Å². The van der Waals surface area contributed by atoms with E-state index in [1.54, 1.807) is 13.1 Å². The standard InChI is InChI=1S/C19H16N6O2/c1-11-14(19-22-8-9-27-19)25-17(20)16(24-11)18(26)23-10-13-5-2-4-12-6-3-7-21-15(12)13/h2-9H,10H2,1H3,(H2,20,25)(H,23,26). The van der Waals surface area contributed by atoms with Gasteiger partial charge in [0.2, 0.25) is 5.89 Å². The van der Waals surface area contributed by atoms with Crippen molar-refractivity contribution in [3.63, 3.8) is 0 Å². The number of aromatic nitrogens is 4. The van der Waals surface area contributed by atoms with Crippen molar-refractivity contribution in [3.05, 3.63) is 65.9 Å². The summed E-state index contributed by atoms with van der Waals surface area (Å²) in [5.41, 5.74) is 8.67. The van der Waals surface area contributed by atoms with Crippen molar-refractivity contribution < 1.29 is 9.21 Å². The van der Waals surface area contributed by atoms with Crippen LogP contribution in [-0.4, -0.2) is 25.8 Å². The molecule has 8 heteroatoms. The number of nitrogens with zero attached hydrogens (tertiary/aromatic N) is 4. The number of carbonyl (C=O) groups is 1. The minimum absolute atomic E-state index is 0.0161. The molecule has 3 aromatic heterocycles. The van der Waals surface area contributed by atoms with Crippen LogP contribution in [0.1, 0.15) is 21.7 Å². The zero-order valence-corrected chi connectivity index (χ0v) is 14.5. The summed E-state index contributed by atoms with van der Waals surface area (Å²) in [5, 5.41) is 3.84. The van der Waals surface area contributed by atoms with E-state index in [0.717, 1.165) is 16.5 Å². The third-order valence-corrected chi connectivity index (χ3v) is 4.10. The number of hydrogen-bond donors (Lipinski definition) is 2. The first kappa shape index (κ1) is 16.6. The molecule has 8 nitrogen and oxygen atoms in total. The molecule has 4 rings (SSSR count). The van der Waals surface area contributed by atoms with Gasteiger partial charge in [-0.05, 0) is 18.6 Å². The summed E-state index contributed by atoms with van der Waals surface area (Å²) in [7, 11) is 0. The zero-order valence-electron chi connectivity index (χ0n) is 14.5. The normalized spacial score (nSPS) is 10.9. The van der Waals surface area contributed by atoms with Crippen molar-refractivity contribution in [2.75, 3.05) is 5.73 Å². The Hall–Kier alpha value is -3.81. The number of aryl methyl sites for hydroxylation is 1. The first-order valence-corrected chi connectivity index (χ1v) is 8.28. The van der Waals surface area contributed by atoms with Crippen LogP contribution in [0.4, 0.5) is 5.82 Å². The molecular formula is C19H16N6O2. The summed E-state index contributed by atoms with van der Waals surface area (Å²) in [4.78, 5) is 29.5. The summed E-state index contributed by atoms with van der Waals surface area (Å²) in [6.45, 7) is 2.02. The van der Waals surface area contributed by atoms with Crippen LogP contribution in [0.5, 0.6) is 0 Å². The molecule has 1 amide bonds. The van der Waals surface area contributed by atoms with Gasteiger partial charge in [-0.1, -0.05) is 24.3 Å². The maximum absolute atomic E-state index is 12.6. The van der Waals surface area contributed by atoms with E-state index in [1.807, 2.05) is 30.3 Å². The van der Waals surface area contributed by atoms with Crippen molar-refractivity contribution in [3.8, 4) is 11.6 Å². The second kappa shape index (κ2) is 6.83. The van der Waals surface area contributed by atoms with Crippen LogP contribution in [0.15, 0.2) is 53.4 Å². The minimum Gasteiger partial charge on any atom is -0.443 e. The van der Waals surface area contributed by atoms with Gasteiger partial charge < -0.3 is 15.5 Å². The Morgan fingerprint density at radius 3 is 2.81 bits per heavy atom. The van der Waals surface area contributed by atoms with Crippen molar-refractivity contribution in [2.45, 2.75) is 13.5 Å². The van der Waals surface area contributed by atoms with Crippen LogP contribution in [0, 0.1) is 6.92 Å². The first-order chi connectivity index (χ1) is 13.1. The van der Waals surface area contributed by atoms with Gasteiger partial charge in [-0.15, -0.1) is 0 Å². The molecule has 27 heavy (non-hydrogen) atoms. The number of carbonyl (C=O) groups excluding carboxylic acids is 1. The Labute approximate surface area is 154 Å². The highest BCUT2D eigenvalue weighted by Crippen LogP contribution is 2.21. The van der Waals surface area contributed by atoms with E-state index in [-0.39, 0.29) is 11.5 Å². The fraction of sp³-hybridized carbons (Fsp3) is 0.105. The minimum atomic E-state index is -0.407. The number of para-hydroxylation sites is 1. The third kappa shape index (κ3) is 3.20. The maximum Gasteiger partial charge on any atom is 0.273 e. The molecular weight excluding hydrogens is 344 g/mol. The van der Waals surface area contributed by atoms with E-state index < -0.39 is 5.91 Å². The molecule has 0 saturated carbocycles. The predicted molar refractivity (Wildman–Crippen MR) is 99.6 cm³/mol. The number of hydrogen-bond acceptors (Lipinski definition) is 7. The molecule has 0 bridgehead atoms. The molecule has 0 aliphatic heterocycles. The topological polar surface area (TPSA) is 120 Å². The third-order valence-electron chi connectivity index (χ3n) is 4.10. The van der Waals surface area contributed by atoms with Crippen LogP contribution in [0.25, 0.3) is 22.5 Å². The molecule has 1 aromatic carbocycles. The van der Waals surface area contributed by atoms with Crippen LogP contribution in [0.3, 0.4) is 0 Å². The number of fused-ring (bicyclic) bond motifs is 1. The van der Waals surface area contributed by atoms with Crippen molar-refractivity contribution >= 4 is 22.6 Å². The number of amides is 1. The highest BCUT2D eigenvalue weighted by molar-refractivity contribution is 5.96. The van der Waals surface area contributed by atoms with Gasteiger partial charge >= 0.3 is 0 Å². The molecule has 0 unspecified atom stereocenters. The van der Waals surface area contributed by atoms with Gasteiger partial charge in [0.05, 0.1) is 17.4 Å². The van der Waals surface area contributed by atoms with E-state index in [9.17, 15) is 4.79 Å². The van der Waals surface area contributed by atoms with E-state index in [4.69, 9.17) is 10.2 Å². The van der Waals surface area contributed by atoms with Crippen LogP contribution in [0.2, 0.25) is 0 Å². The van der Waals surface area contributed by atoms with Crippen LogP contribution < -0.4 is 11.1 Å². The zero-order chi connectivity index (χ0) is 18.8. The number of pyridine rings is 1. The van der Waals surface area contributed by atoms with Crippen LogP contribution in [-0.2, 0) is 6.54 Å². The lowest BCUT2D eigenvalue weighted by molar-refractivity contribution is 0.0946. The van der Waals surface area contributed by atoms with E-state index >= 15 is 0 Å². The maximum atomic E-state index is 12.6. The summed E-state index contributed by atoms with van der Waals surface area (Å²) in [5.74, 6) is -0.0854. The number of anilines is 1. The lowest BCUT2D eigenvalue weighted by atomic mass is 10.1. The lowest BCUT2D eigenvalue weighted by Gasteiger charge is -2.10. The van der Waals surface area contributed by atoms with E-state index in [1.165, 1.54) is 12.5 Å². The quantitative estimate of drug-likeness (QED) is 0.573. The first-order valence-electron chi connectivity index (χ1n) is 8.28. The molecule has 4 aromatic rings. The Bertz CT molecular complexity index is 1120.